The quantitative estimate of drug-likeness (QED) is 0.470. The van der Waals surface area contributed by atoms with Gasteiger partial charge in [0, 0.05) is 0 Å². The van der Waals surface area contributed by atoms with Crippen molar-refractivity contribution in [1.29, 1.82) is 0 Å². The average Bonchev–Trinajstić information content (AvgIpc) is 2.29. The van der Waals surface area contributed by atoms with Gasteiger partial charge in [-0.1, -0.05) is 27.7 Å². The molecule has 0 radical (unpaired) electrons. The first-order valence-electron chi connectivity index (χ1n) is 4.09. The summed E-state index contributed by atoms with van der Waals surface area (Å²) in [5.74, 6) is 0. The Morgan fingerprint density at radius 3 is 1.50 bits per heavy atom. The maximum absolute atomic E-state index is 5.58. The molecule has 1 saturated carbocycles. The maximum atomic E-state index is 5.58. The fraction of sp³-hybridized carbons (Fsp3) is 1.00. The Morgan fingerprint density at radius 2 is 1.40 bits per heavy atom. The van der Waals surface area contributed by atoms with Crippen LogP contribution in [0.2, 0.25) is 0 Å². The zero-order valence-corrected chi connectivity index (χ0v) is 7.27. The number of fused-ring (bicyclic) bond motifs is 1. The van der Waals surface area contributed by atoms with Crippen molar-refractivity contribution >= 4 is 0 Å². The molecule has 2 aliphatic rings. The first-order valence-corrected chi connectivity index (χ1v) is 4.09. The van der Waals surface area contributed by atoms with Gasteiger partial charge in [0.1, 0.15) is 0 Å². The minimum Gasteiger partial charge on any atom is -0.368 e. The lowest BCUT2D eigenvalue weighted by Crippen LogP contribution is -2.19. The number of rotatable bonds is 0. The lowest BCUT2D eigenvalue weighted by Gasteiger charge is -2.25. The molecule has 1 heteroatoms. The zero-order valence-electron chi connectivity index (χ0n) is 7.27. The van der Waals surface area contributed by atoms with E-state index in [9.17, 15) is 0 Å². The van der Waals surface area contributed by atoms with E-state index in [4.69, 9.17) is 4.74 Å². The predicted molar refractivity (Wildman–Crippen MR) is 40.8 cm³/mol. The Morgan fingerprint density at radius 1 is 1.00 bits per heavy atom. The van der Waals surface area contributed by atoms with Crippen LogP contribution in [0.5, 0.6) is 0 Å². The highest BCUT2D eigenvalue weighted by Gasteiger charge is 2.64. The third kappa shape index (κ3) is 0.672. The van der Waals surface area contributed by atoms with Gasteiger partial charge in [-0.25, -0.2) is 0 Å². The Hall–Kier alpha value is -0.0400. The number of epoxide rings is 1. The van der Waals surface area contributed by atoms with E-state index in [1.807, 2.05) is 0 Å². The van der Waals surface area contributed by atoms with Gasteiger partial charge in [-0.15, -0.1) is 0 Å². The van der Waals surface area contributed by atoms with Crippen molar-refractivity contribution in [3.63, 3.8) is 0 Å². The largest absolute Gasteiger partial charge is 0.368 e. The topological polar surface area (TPSA) is 12.5 Å². The second-order valence-electron chi connectivity index (χ2n) is 5.13. The smallest absolute Gasteiger partial charge is 0.0898 e. The Bertz CT molecular complexity index is 152. The number of ether oxygens (including phenoxy) is 1. The van der Waals surface area contributed by atoms with Gasteiger partial charge >= 0.3 is 0 Å². The molecule has 0 aromatic rings. The van der Waals surface area contributed by atoms with E-state index in [2.05, 4.69) is 27.7 Å². The van der Waals surface area contributed by atoms with Crippen LogP contribution in [0.15, 0.2) is 0 Å². The van der Waals surface area contributed by atoms with E-state index in [0.29, 0.717) is 23.0 Å². The molecular weight excluding hydrogens is 124 g/mol. The standard InChI is InChI=1S/C9H16O/c1-8(2)5-9(3,4)7-6(8)10-7/h6-7H,5H2,1-4H3/t6-,7-/m1/s1. The predicted octanol–water partition coefficient (Wildman–Crippen LogP) is 2.21. The lowest BCUT2D eigenvalue weighted by atomic mass is 9.83. The van der Waals surface area contributed by atoms with Crippen LogP contribution in [-0.2, 0) is 4.74 Å². The van der Waals surface area contributed by atoms with E-state index < -0.39 is 0 Å². The molecule has 0 unspecified atom stereocenters. The summed E-state index contributed by atoms with van der Waals surface area (Å²) in [4.78, 5) is 0. The Labute approximate surface area is 62.8 Å². The van der Waals surface area contributed by atoms with Crippen molar-refractivity contribution in [2.45, 2.75) is 46.3 Å². The van der Waals surface area contributed by atoms with Crippen molar-refractivity contribution in [3.8, 4) is 0 Å². The molecule has 58 valence electrons. The van der Waals surface area contributed by atoms with Crippen molar-refractivity contribution < 1.29 is 4.74 Å². The molecule has 0 amide bonds. The molecule has 1 nitrogen and oxygen atoms in total. The van der Waals surface area contributed by atoms with Crippen molar-refractivity contribution in [2.75, 3.05) is 0 Å². The van der Waals surface area contributed by atoms with Crippen LogP contribution >= 0.6 is 0 Å². The highest BCUT2D eigenvalue weighted by atomic mass is 16.6. The van der Waals surface area contributed by atoms with Crippen LogP contribution in [0.25, 0.3) is 0 Å². The summed E-state index contributed by atoms with van der Waals surface area (Å²) in [6.45, 7) is 9.25. The van der Waals surface area contributed by atoms with E-state index in [-0.39, 0.29) is 0 Å². The molecule has 1 aliphatic carbocycles. The molecular formula is C9H16O. The van der Waals surface area contributed by atoms with Crippen molar-refractivity contribution in [3.05, 3.63) is 0 Å². The van der Waals surface area contributed by atoms with Crippen LogP contribution in [0.1, 0.15) is 34.1 Å². The fourth-order valence-corrected chi connectivity index (χ4v) is 2.68. The molecule has 0 spiro atoms. The molecule has 1 saturated heterocycles. The van der Waals surface area contributed by atoms with E-state index in [1.165, 1.54) is 6.42 Å². The minimum absolute atomic E-state index is 0.439. The summed E-state index contributed by atoms with van der Waals surface area (Å²) in [5.41, 5.74) is 0.877. The zero-order chi connectivity index (χ0) is 7.57. The molecule has 1 heterocycles. The highest BCUT2D eigenvalue weighted by Crippen LogP contribution is 2.60. The number of hydrogen-bond donors (Lipinski definition) is 0. The molecule has 0 aromatic heterocycles. The third-order valence-corrected chi connectivity index (χ3v) is 2.94. The van der Waals surface area contributed by atoms with Gasteiger partial charge in [-0.3, -0.25) is 0 Å². The minimum atomic E-state index is 0.439. The first-order chi connectivity index (χ1) is 4.43. The fourth-order valence-electron chi connectivity index (χ4n) is 2.68. The van der Waals surface area contributed by atoms with Gasteiger partial charge in [-0.05, 0) is 17.3 Å². The number of hydrogen-bond acceptors (Lipinski definition) is 1. The van der Waals surface area contributed by atoms with E-state index in [0.717, 1.165) is 0 Å². The molecule has 0 N–H and O–H groups in total. The molecule has 2 atom stereocenters. The summed E-state index contributed by atoms with van der Waals surface area (Å²) in [6, 6.07) is 0. The Balaban J connectivity index is 2.24. The van der Waals surface area contributed by atoms with Gasteiger partial charge in [-0.2, -0.15) is 0 Å². The summed E-state index contributed by atoms with van der Waals surface area (Å²) in [5, 5.41) is 0. The Kier molecular flexibility index (Phi) is 0.949. The normalized spacial score (nSPS) is 46.8. The molecule has 10 heavy (non-hydrogen) atoms. The molecule has 0 bridgehead atoms. The summed E-state index contributed by atoms with van der Waals surface area (Å²) in [7, 11) is 0. The average molecular weight is 140 g/mol. The van der Waals surface area contributed by atoms with Gasteiger partial charge < -0.3 is 4.74 Å². The second kappa shape index (κ2) is 1.42. The van der Waals surface area contributed by atoms with Gasteiger partial charge in [0.25, 0.3) is 0 Å². The molecule has 2 rings (SSSR count). The lowest BCUT2D eigenvalue weighted by molar-refractivity contribution is 0.116. The maximum Gasteiger partial charge on any atom is 0.0898 e. The van der Waals surface area contributed by atoms with Crippen LogP contribution in [0.3, 0.4) is 0 Å². The van der Waals surface area contributed by atoms with E-state index in [1.54, 1.807) is 0 Å². The van der Waals surface area contributed by atoms with Crippen LogP contribution in [0.4, 0.5) is 0 Å². The second-order valence-corrected chi connectivity index (χ2v) is 5.13. The van der Waals surface area contributed by atoms with Crippen molar-refractivity contribution in [1.82, 2.24) is 0 Å². The van der Waals surface area contributed by atoms with Gasteiger partial charge in [0.2, 0.25) is 0 Å². The van der Waals surface area contributed by atoms with Gasteiger partial charge in [0.15, 0.2) is 0 Å². The van der Waals surface area contributed by atoms with Crippen LogP contribution in [0, 0.1) is 10.8 Å². The first kappa shape index (κ1) is 6.66. The van der Waals surface area contributed by atoms with Crippen molar-refractivity contribution in [2.24, 2.45) is 10.8 Å². The monoisotopic (exact) mass is 140 g/mol. The molecule has 1 aliphatic heterocycles. The van der Waals surface area contributed by atoms with Crippen LogP contribution < -0.4 is 0 Å². The molecule has 0 aromatic carbocycles. The SMILES string of the molecule is CC1(C)CC(C)(C)[C@@H]2O[C@H]21. The van der Waals surface area contributed by atoms with E-state index >= 15 is 0 Å². The molecule has 2 fully saturated rings. The third-order valence-electron chi connectivity index (χ3n) is 2.94. The van der Waals surface area contributed by atoms with Crippen LogP contribution in [-0.4, -0.2) is 12.2 Å². The summed E-state index contributed by atoms with van der Waals surface area (Å²) in [6.07, 6.45) is 2.46. The summed E-state index contributed by atoms with van der Waals surface area (Å²) < 4.78 is 5.58. The highest BCUT2D eigenvalue weighted by molar-refractivity contribution is 5.11. The summed E-state index contributed by atoms with van der Waals surface area (Å²) >= 11 is 0. The van der Waals surface area contributed by atoms with Gasteiger partial charge in [0.05, 0.1) is 12.2 Å².